The normalized spacial score (nSPS) is 14.5. The van der Waals surface area contributed by atoms with Crippen molar-refractivity contribution < 1.29 is 14.3 Å². The predicted octanol–water partition coefficient (Wildman–Crippen LogP) is 5.04. The number of ether oxygens (including phenoxy) is 2. The van der Waals surface area contributed by atoms with E-state index in [1.807, 2.05) is 56.3 Å². The van der Waals surface area contributed by atoms with E-state index in [1.54, 1.807) is 23.8 Å². The first-order chi connectivity index (χ1) is 16.9. The van der Waals surface area contributed by atoms with Crippen LogP contribution in [-0.2, 0) is 22.6 Å². The maximum atomic E-state index is 13.9. The summed E-state index contributed by atoms with van der Waals surface area (Å²) in [6, 6.07) is 16.7. The minimum absolute atomic E-state index is 0.0874. The zero-order valence-electron chi connectivity index (χ0n) is 19.7. The van der Waals surface area contributed by atoms with E-state index < -0.39 is 0 Å². The van der Waals surface area contributed by atoms with Crippen LogP contribution in [0.5, 0.6) is 5.75 Å². The molecule has 1 amide bonds. The number of hydrogen-bond donors (Lipinski definition) is 1. The molecule has 0 atom stereocenters. The summed E-state index contributed by atoms with van der Waals surface area (Å²) in [5.41, 5.74) is 1.87. The molecule has 0 saturated heterocycles. The second kappa shape index (κ2) is 9.49. The van der Waals surface area contributed by atoms with Gasteiger partial charge in [0.25, 0.3) is 5.56 Å². The van der Waals surface area contributed by atoms with Crippen LogP contribution in [0.25, 0.3) is 15.9 Å². The fourth-order valence-corrected chi connectivity index (χ4v) is 6.10. The van der Waals surface area contributed by atoms with Crippen LogP contribution in [0, 0.1) is 0 Å². The lowest BCUT2D eigenvalue weighted by Gasteiger charge is -2.29. The number of nitrogens with one attached hydrogen (secondary N) is 1. The van der Waals surface area contributed by atoms with Crippen molar-refractivity contribution in [3.8, 4) is 11.4 Å². The molecule has 1 N–H and O–H groups in total. The molecule has 0 spiro atoms. The van der Waals surface area contributed by atoms with Crippen LogP contribution in [0.2, 0.25) is 0 Å². The summed E-state index contributed by atoms with van der Waals surface area (Å²) in [5, 5.41) is 4.00. The van der Waals surface area contributed by atoms with E-state index in [1.165, 1.54) is 23.1 Å². The van der Waals surface area contributed by atoms with Gasteiger partial charge in [0.2, 0.25) is 5.91 Å². The lowest BCUT2D eigenvalue weighted by molar-refractivity contribution is -0.113. The van der Waals surface area contributed by atoms with E-state index in [0.717, 1.165) is 10.4 Å². The number of methoxy groups -OCH3 is 1. The molecule has 0 saturated carbocycles. The molecule has 0 radical (unpaired) electrons. The van der Waals surface area contributed by atoms with Gasteiger partial charge < -0.3 is 14.8 Å². The highest BCUT2D eigenvalue weighted by Gasteiger charge is 2.31. The van der Waals surface area contributed by atoms with Gasteiger partial charge in [0, 0.05) is 11.3 Å². The number of aromatic nitrogens is 2. The third kappa shape index (κ3) is 4.71. The monoisotopic (exact) mass is 507 g/mol. The zero-order chi connectivity index (χ0) is 24.6. The first-order valence-corrected chi connectivity index (χ1v) is 13.0. The average Bonchev–Trinajstić information content (AvgIpc) is 3.20. The highest BCUT2D eigenvalue weighted by atomic mass is 32.2. The van der Waals surface area contributed by atoms with Crippen molar-refractivity contribution >= 4 is 44.9 Å². The molecule has 9 heteroatoms. The number of fused-ring (bicyclic) bond motifs is 3. The van der Waals surface area contributed by atoms with Crippen molar-refractivity contribution in [2.75, 3.05) is 18.2 Å². The zero-order valence-corrected chi connectivity index (χ0v) is 21.3. The molecule has 7 nitrogen and oxygen atoms in total. The Hall–Kier alpha value is -3.14. The molecule has 1 aliphatic heterocycles. The molecule has 35 heavy (non-hydrogen) atoms. The third-order valence-corrected chi connectivity index (χ3v) is 7.84. The molecule has 0 unspecified atom stereocenters. The van der Waals surface area contributed by atoms with Crippen LogP contribution < -0.4 is 15.6 Å². The van der Waals surface area contributed by atoms with Crippen LogP contribution in [0.1, 0.15) is 24.3 Å². The quantitative estimate of drug-likeness (QED) is 0.291. The van der Waals surface area contributed by atoms with Crippen molar-refractivity contribution in [2.45, 2.75) is 37.6 Å². The number of para-hydroxylation sites is 3. The molecular weight excluding hydrogens is 482 g/mol. The molecule has 2 aromatic heterocycles. The van der Waals surface area contributed by atoms with Crippen LogP contribution >= 0.6 is 23.1 Å². The van der Waals surface area contributed by atoms with Gasteiger partial charge in [-0.3, -0.25) is 14.2 Å². The van der Waals surface area contributed by atoms with Gasteiger partial charge in [0.05, 0.1) is 41.8 Å². The van der Waals surface area contributed by atoms with E-state index >= 15 is 0 Å². The smallest absolute Gasteiger partial charge is 0.267 e. The molecule has 0 bridgehead atoms. The Morgan fingerprint density at radius 2 is 1.94 bits per heavy atom. The summed E-state index contributed by atoms with van der Waals surface area (Å²) in [4.78, 5) is 33.2. The molecule has 1 aliphatic rings. The van der Waals surface area contributed by atoms with Gasteiger partial charge in [0.1, 0.15) is 10.6 Å². The molecule has 2 aromatic carbocycles. The highest BCUT2D eigenvalue weighted by Crippen LogP contribution is 2.38. The lowest BCUT2D eigenvalue weighted by Crippen LogP contribution is -2.32. The summed E-state index contributed by atoms with van der Waals surface area (Å²) >= 11 is 2.73. The Labute approximate surface area is 211 Å². The van der Waals surface area contributed by atoms with Crippen molar-refractivity contribution in [3.63, 3.8) is 0 Å². The predicted molar refractivity (Wildman–Crippen MR) is 140 cm³/mol. The standard InChI is InChI=1S/C26H25N3O4S2/c1-26(2)13-17-20(14-33-26)35-23-22(17)24(31)29(16-9-5-4-6-10-16)25(28-23)34-15-21(30)27-18-11-7-8-12-19(18)32-3/h4-12H,13-15H2,1-3H3,(H,27,30). The third-order valence-electron chi connectivity index (χ3n) is 5.80. The Bertz CT molecular complexity index is 1460. The Balaban J connectivity index is 1.52. The number of thiophene rings is 1. The van der Waals surface area contributed by atoms with Gasteiger partial charge in [-0.05, 0) is 43.7 Å². The summed E-state index contributed by atoms with van der Waals surface area (Å²) in [7, 11) is 1.56. The number of rotatable bonds is 6. The fourth-order valence-electron chi connectivity index (χ4n) is 4.14. The minimum atomic E-state index is -0.338. The van der Waals surface area contributed by atoms with Crippen molar-refractivity contribution in [1.29, 1.82) is 0 Å². The van der Waals surface area contributed by atoms with Gasteiger partial charge in [-0.1, -0.05) is 42.1 Å². The second-order valence-corrected chi connectivity index (χ2v) is 10.8. The number of benzene rings is 2. The minimum Gasteiger partial charge on any atom is -0.495 e. The number of amides is 1. The average molecular weight is 508 g/mol. The van der Waals surface area contributed by atoms with Crippen molar-refractivity contribution in [1.82, 2.24) is 9.55 Å². The highest BCUT2D eigenvalue weighted by molar-refractivity contribution is 7.99. The van der Waals surface area contributed by atoms with Crippen LogP contribution in [0.15, 0.2) is 64.5 Å². The maximum Gasteiger partial charge on any atom is 0.267 e. The number of anilines is 1. The molecule has 3 heterocycles. The van der Waals surface area contributed by atoms with E-state index in [4.69, 9.17) is 14.5 Å². The maximum absolute atomic E-state index is 13.9. The molecule has 5 rings (SSSR count). The number of thioether (sulfide) groups is 1. The molecular formula is C26H25N3O4S2. The van der Waals surface area contributed by atoms with Gasteiger partial charge in [0.15, 0.2) is 5.16 Å². The fraction of sp³-hybridized carbons (Fsp3) is 0.269. The van der Waals surface area contributed by atoms with Crippen LogP contribution in [0.4, 0.5) is 5.69 Å². The second-order valence-electron chi connectivity index (χ2n) is 8.82. The van der Waals surface area contributed by atoms with Crippen molar-refractivity contribution in [2.24, 2.45) is 0 Å². The molecule has 0 fully saturated rings. The van der Waals surface area contributed by atoms with Crippen LogP contribution in [-0.4, -0.2) is 33.9 Å². The first-order valence-electron chi connectivity index (χ1n) is 11.2. The van der Waals surface area contributed by atoms with Gasteiger partial charge in [-0.15, -0.1) is 11.3 Å². The first kappa shape index (κ1) is 23.6. The lowest BCUT2D eigenvalue weighted by atomic mass is 9.94. The molecule has 0 aliphatic carbocycles. The number of carbonyl (C=O) groups is 1. The molecule has 4 aromatic rings. The van der Waals surface area contributed by atoms with E-state index in [0.29, 0.717) is 45.5 Å². The van der Waals surface area contributed by atoms with Gasteiger partial charge in [-0.2, -0.15) is 0 Å². The van der Waals surface area contributed by atoms with Gasteiger partial charge >= 0.3 is 0 Å². The number of hydrogen-bond acceptors (Lipinski definition) is 7. The summed E-state index contributed by atoms with van der Waals surface area (Å²) in [6.45, 7) is 4.54. The summed E-state index contributed by atoms with van der Waals surface area (Å²) in [5.74, 6) is 0.458. The summed E-state index contributed by atoms with van der Waals surface area (Å²) < 4.78 is 12.9. The largest absolute Gasteiger partial charge is 0.495 e. The Kier molecular flexibility index (Phi) is 6.39. The Morgan fingerprint density at radius 3 is 2.71 bits per heavy atom. The number of carbonyl (C=O) groups excluding carboxylic acids is 1. The SMILES string of the molecule is COc1ccccc1NC(=O)CSc1nc2sc3c(c2c(=O)n1-c1ccccc1)CC(C)(C)OC3. The number of nitrogens with zero attached hydrogens (tertiary/aromatic N) is 2. The van der Waals surface area contributed by atoms with Gasteiger partial charge in [-0.25, -0.2) is 4.98 Å². The molecule has 180 valence electrons. The van der Waals surface area contributed by atoms with E-state index in [2.05, 4.69) is 5.32 Å². The van der Waals surface area contributed by atoms with E-state index in [-0.39, 0.29) is 22.8 Å². The topological polar surface area (TPSA) is 82.5 Å². The van der Waals surface area contributed by atoms with Crippen molar-refractivity contribution in [3.05, 3.63) is 75.4 Å². The Morgan fingerprint density at radius 1 is 1.20 bits per heavy atom. The summed E-state index contributed by atoms with van der Waals surface area (Å²) in [6.07, 6.45) is 0.655. The van der Waals surface area contributed by atoms with Crippen LogP contribution in [0.3, 0.4) is 0 Å². The van der Waals surface area contributed by atoms with E-state index in [9.17, 15) is 9.59 Å².